The van der Waals surface area contributed by atoms with Crippen LogP contribution in [-0.2, 0) is 14.1 Å². The quantitative estimate of drug-likeness (QED) is 0.535. The summed E-state index contributed by atoms with van der Waals surface area (Å²) in [7, 11) is 3.46. The fraction of sp³-hybridized carbons (Fsp3) is 0.238. The van der Waals surface area contributed by atoms with E-state index in [2.05, 4.69) is 16.2 Å². The minimum absolute atomic E-state index is 0.171. The lowest BCUT2D eigenvalue weighted by Crippen LogP contribution is -2.20. The van der Waals surface area contributed by atoms with Crippen molar-refractivity contribution in [2.24, 2.45) is 14.1 Å². The smallest absolute Gasteiger partial charge is 0.279 e. The Morgan fingerprint density at radius 1 is 1.14 bits per heavy atom. The van der Waals surface area contributed by atoms with E-state index in [0.717, 1.165) is 17.1 Å². The molecule has 8 heteroatoms. The molecule has 0 bridgehead atoms. The summed E-state index contributed by atoms with van der Waals surface area (Å²) in [6.07, 6.45) is 4.92. The number of fused-ring (bicyclic) bond motifs is 1. The number of ether oxygens (including phenoxy) is 1. The molecule has 0 spiro atoms. The van der Waals surface area contributed by atoms with E-state index in [1.54, 1.807) is 53.9 Å². The SMILES string of the molecule is CC(C)c1ncc2c(=O)n(C)c(Oc3ccc(-c4c(C#N)cnn4C)cc3)cn12. The second-order valence-electron chi connectivity index (χ2n) is 7.13. The highest BCUT2D eigenvalue weighted by Crippen LogP contribution is 2.27. The van der Waals surface area contributed by atoms with Gasteiger partial charge in [0, 0.05) is 25.6 Å². The van der Waals surface area contributed by atoms with Crippen molar-refractivity contribution in [1.82, 2.24) is 23.7 Å². The average Bonchev–Trinajstić information content (AvgIpc) is 3.30. The van der Waals surface area contributed by atoms with Crippen LogP contribution in [0.5, 0.6) is 11.6 Å². The number of aromatic nitrogens is 5. The fourth-order valence-electron chi connectivity index (χ4n) is 3.32. The molecule has 0 aliphatic heterocycles. The van der Waals surface area contributed by atoms with Crippen LogP contribution in [0.2, 0.25) is 0 Å². The van der Waals surface area contributed by atoms with Crippen molar-refractivity contribution in [3.8, 4) is 29.0 Å². The Bertz CT molecular complexity index is 1300. The summed E-state index contributed by atoms with van der Waals surface area (Å²) in [6.45, 7) is 4.05. The van der Waals surface area contributed by atoms with Crippen molar-refractivity contribution in [1.29, 1.82) is 5.26 Å². The molecule has 3 heterocycles. The van der Waals surface area contributed by atoms with Crippen LogP contribution in [-0.4, -0.2) is 23.7 Å². The third kappa shape index (κ3) is 3.06. The minimum Gasteiger partial charge on any atom is -0.439 e. The normalized spacial score (nSPS) is 11.2. The van der Waals surface area contributed by atoms with Gasteiger partial charge in [0.15, 0.2) is 0 Å². The summed E-state index contributed by atoms with van der Waals surface area (Å²) in [6, 6.07) is 9.48. The van der Waals surface area contributed by atoms with Crippen LogP contribution in [0.1, 0.15) is 31.2 Å². The number of hydrogen-bond donors (Lipinski definition) is 0. The first kappa shape index (κ1) is 18.5. The summed E-state index contributed by atoms with van der Waals surface area (Å²) in [4.78, 5) is 17.0. The van der Waals surface area contributed by atoms with Gasteiger partial charge >= 0.3 is 0 Å². The van der Waals surface area contributed by atoms with Crippen molar-refractivity contribution in [3.63, 3.8) is 0 Å². The Morgan fingerprint density at radius 3 is 2.52 bits per heavy atom. The van der Waals surface area contributed by atoms with Gasteiger partial charge < -0.3 is 4.74 Å². The largest absolute Gasteiger partial charge is 0.439 e. The molecule has 29 heavy (non-hydrogen) atoms. The molecular weight excluding hydrogens is 368 g/mol. The number of nitriles is 1. The van der Waals surface area contributed by atoms with Crippen molar-refractivity contribution in [2.45, 2.75) is 19.8 Å². The second kappa shape index (κ2) is 6.95. The van der Waals surface area contributed by atoms with E-state index < -0.39 is 0 Å². The van der Waals surface area contributed by atoms with Gasteiger partial charge in [0.2, 0.25) is 5.88 Å². The van der Waals surface area contributed by atoms with E-state index in [1.165, 1.54) is 4.57 Å². The lowest BCUT2D eigenvalue weighted by molar-refractivity contribution is 0.430. The number of rotatable bonds is 4. The van der Waals surface area contributed by atoms with E-state index in [4.69, 9.17) is 4.74 Å². The maximum Gasteiger partial charge on any atom is 0.279 e. The summed E-state index contributed by atoms with van der Waals surface area (Å²) in [5, 5.41) is 13.4. The molecule has 0 fully saturated rings. The Labute approximate surface area is 167 Å². The highest BCUT2D eigenvalue weighted by molar-refractivity contribution is 5.67. The van der Waals surface area contributed by atoms with E-state index in [-0.39, 0.29) is 11.5 Å². The zero-order valence-electron chi connectivity index (χ0n) is 16.6. The van der Waals surface area contributed by atoms with Gasteiger partial charge in [-0.05, 0) is 24.3 Å². The van der Waals surface area contributed by atoms with Crippen LogP contribution in [0.3, 0.4) is 0 Å². The number of aryl methyl sites for hydroxylation is 1. The molecule has 3 aromatic heterocycles. The Balaban J connectivity index is 1.71. The van der Waals surface area contributed by atoms with Gasteiger partial charge in [0.05, 0.1) is 29.8 Å². The first-order valence-electron chi connectivity index (χ1n) is 9.18. The molecule has 8 nitrogen and oxygen atoms in total. The molecule has 0 saturated carbocycles. The van der Waals surface area contributed by atoms with Crippen molar-refractivity contribution in [3.05, 3.63) is 64.6 Å². The zero-order chi connectivity index (χ0) is 20.7. The molecule has 4 rings (SSSR count). The molecule has 4 aromatic rings. The average molecular weight is 388 g/mol. The van der Waals surface area contributed by atoms with Crippen molar-refractivity contribution in [2.75, 3.05) is 0 Å². The molecule has 0 atom stereocenters. The van der Waals surface area contributed by atoms with E-state index >= 15 is 0 Å². The third-order valence-corrected chi connectivity index (χ3v) is 4.85. The molecule has 0 aliphatic rings. The Kier molecular flexibility index (Phi) is 4.43. The summed E-state index contributed by atoms with van der Waals surface area (Å²) in [5.41, 5.74) is 2.45. The minimum atomic E-state index is -0.174. The van der Waals surface area contributed by atoms with Crippen molar-refractivity contribution < 1.29 is 4.74 Å². The number of hydrogen-bond acceptors (Lipinski definition) is 5. The van der Waals surface area contributed by atoms with E-state index in [1.807, 2.05) is 26.0 Å². The highest BCUT2D eigenvalue weighted by Gasteiger charge is 2.15. The van der Waals surface area contributed by atoms with Gasteiger partial charge in [-0.1, -0.05) is 13.8 Å². The van der Waals surface area contributed by atoms with Gasteiger partial charge in [-0.15, -0.1) is 0 Å². The number of benzene rings is 1. The zero-order valence-corrected chi connectivity index (χ0v) is 16.6. The lowest BCUT2D eigenvalue weighted by atomic mass is 10.1. The maximum atomic E-state index is 12.7. The fourth-order valence-corrected chi connectivity index (χ4v) is 3.32. The van der Waals surface area contributed by atoms with E-state index in [0.29, 0.717) is 22.7 Å². The monoisotopic (exact) mass is 388 g/mol. The van der Waals surface area contributed by atoms with Gasteiger partial charge in [-0.2, -0.15) is 10.4 Å². The van der Waals surface area contributed by atoms with Crippen LogP contribution in [0.4, 0.5) is 0 Å². The van der Waals surface area contributed by atoms with Crippen LogP contribution in [0.25, 0.3) is 16.8 Å². The maximum absolute atomic E-state index is 12.7. The molecule has 0 radical (unpaired) electrons. The first-order valence-corrected chi connectivity index (χ1v) is 9.18. The standard InChI is InChI=1S/C21H20N6O2/c1-13(2)20-23-11-17-21(28)25(3)18(12-27(17)20)29-16-7-5-14(6-8-16)19-15(9-22)10-24-26(19)4/h5-8,10-13H,1-4H3. The van der Waals surface area contributed by atoms with Crippen LogP contribution in [0, 0.1) is 11.3 Å². The Hall–Kier alpha value is -3.86. The highest BCUT2D eigenvalue weighted by atomic mass is 16.5. The Morgan fingerprint density at radius 2 is 1.86 bits per heavy atom. The predicted molar refractivity (Wildman–Crippen MR) is 108 cm³/mol. The molecular formula is C21H20N6O2. The van der Waals surface area contributed by atoms with Crippen LogP contribution < -0.4 is 10.3 Å². The molecule has 0 aliphatic carbocycles. The first-order chi connectivity index (χ1) is 13.9. The summed E-state index contributed by atoms with van der Waals surface area (Å²) >= 11 is 0. The second-order valence-corrected chi connectivity index (χ2v) is 7.13. The third-order valence-electron chi connectivity index (χ3n) is 4.85. The lowest BCUT2D eigenvalue weighted by Gasteiger charge is -2.13. The molecule has 0 saturated heterocycles. The summed E-state index contributed by atoms with van der Waals surface area (Å²) in [5.74, 6) is 1.96. The van der Waals surface area contributed by atoms with Gasteiger partial charge in [-0.3, -0.25) is 18.4 Å². The van der Waals surface area contributed by atoms with E-state index in [9.17, 15) is 10.1 Å². The molecule has 0 N–H and O–H groups in total. The molecule has 1 aromatic carbocycles. The van der Waals surface area contributed by atoms with Crippen LogP contribution >= 0.6 is 0 Å². The van der Waals surface area contributed by atoms with Gasteiger partial charge in [0.25, 0.3) is 5.56 Å². The van der Waals surface area contributed by atoms with Gasteiger partial charge in [0.1, 0.15) is 23.2 Å². The topological polar surface area (TPSA) is 90.1 Å². The predicted octanol–water partition coefficient (Wildman–Crippen LogP) is 3.22. The number of nitrogens with zero attached hydrogens (tertiary/aromatic N) is 6. The van der Waals surface area contributed by atoms with Crippen LogP contribution in [0.15, 0.2) is 47.7 Å². The molecule has 0 unspecified atom stereocenters. The number of imidazole rings is 1. The van der Waals surface area contributed by atoms with Gasteiger partial charge in [-0.25, -0.2) is 4.98 Å². The molecule has 0 amide bonds. The molecule has 146 valence electrons. The summed E-state index contributed by atoms with van der Waals surface area (Å²) < 4.78 is 10.9. The van der Waals surface area contributed by atoms with Crippen molar-refractivity contribution >= 4 is 5.52 Å².